The number of amides is 1. The van der Waals surface area contributed by atoms with Crippen LogP contribution in [-0.4, -0.2) is 22.8 Å². The summed E-state index contributed by atoms with van der Waals surface area (Å²) in [5.41, 5.74) is 0.875. The zero-order valence-corrected chi connectivity index (χ0v) is 9.43. The van der Waals surface area contributed by atoms with Crippen LogP contribution in [-0.2, 0) is 16.0 Å². The fraction of sp³-hybridized carbons (Fsp3) is 0.231. The van der Waals surface area contributed by atoms with Crippen LogP contribution in [0.1, 0.15) is 12.5 Å². The molecular formula is C13H13NO3. The van der Waals surface area contributed by atoms with E-state index in [-0.39, 0.29) is 11.3 Å². The van der Waals surface area contributed by atoms with Crippen molar-refractivity contribution in [3.63, 3.8) is 0 Å². The lowest BCUT2D eigenvalue weighted by atomic mass is 10.0. The summed E-state index contributed by atoms with van der Waals surface area (Å²) in [6.45, 7) is 1.27. The van der Waals surface area contributed by atoms with E-state index in [2.05, 4.69) is 5.32 Å². The van der Waals surface area contributed by atoms with Crippen molar-refractivity contribution >= 4 is 11.7 Å². The van der Waals surface area contributed by atoms with Crippen LogP contribution in [0.25, 0.3) is 0 Å². The number of hydrogen-bond donors (Lipinski definition) is 2. The standard InChI is InChI=1S/C13H13NO3/c1-8(15)11-12(16)10(14-13(11)17)7-9-5-3-2-4-6-9/h2-6,10,16H,7H2,1H3,(H,14,17). The van der Waals surface area contributed by atoms with Crippen LogP contribution in [0.2, 0.25) is 0 Å². The Kier molecular flexibility index (Phi) is 2.95. The molecule has 4 heteroatoms. The Morgan fingerprint density at radius 2 is 2.00 bits per heavy atom. The van der Waals surface area contributed by atoms with Crippen LogP contribution in [0.3, 0.4) is 0 Å². The lowest BCUT2D eigenvalue weighted by Gasteiger charge is -2.10. The summed E-state index contributed by atoms with van der Waals surface area (Å²) in [6, 6.07) is 8.99. The summed E-state index contributed by atoms with van der Waals surface area (Å²) in [5.74, 6) is -1.04. The molecule has 0 aliphatic carbocycles. The Labute approximate surface area is 99.0 Å². The summed E-state index contributed by atoms with van der Waals surface area (Å²) in [7, 11) is 0. The van der Waals surface area contributed by atoms with Gasteiger partial charge in [0.05, 0.1) is 6.04 Å². The molecule has 0 saturated heterocycles. The first-order valence-electron chi connectivity index (χ1n) is 5.38. The van der Waals surface area contributed by atoms with Crippen molar-refractivity contribution in [2.75, 3.05) is 0 Å². The molecule has 0 radical (unpaired) electrons. The third-order valence-electron chi connectivity index (χ3n) is 2.75. The Bertz CT molecular complexity index is 491. The molecule has 1 unspecified atom stereocenters. The number of ketones is 1. The zero-order chi connectivity index (χ0) is 12.4. The summed E-state index contributed by atoms with van der Waals surface area (Å²) < 4.78 is 0. The largest absolute Gasteiger partial charge is 0.509 e. The number of benzene rings is 1. The van der Waals surface area contributed by atoms with Gasteiger partial charge >= 0.3 is 0 Å². The van der Waals surface area contributed by atoms with Crippen molar-refractivity contribution in [2.24, 2.45) is 0 Å². The maximum Gasteiger partial charge on any atom is 0.259 e. The van der Waals surface area contributed by atoms with Gasteiger partial charge in [0.15, 0.2) is 5.78 Å². The molecule has 1 aromatic carbocycles. The number of carbonyl (C=O) groups excluding carboxylic acids is 2. The fourth-order valence-electron chi connectivity index (χ4n) is 1.93. The van der Waals surface area contributed by atoms with E-state index < -0.39 is 17.7 Å². The third-order valence-corrected chi connectivity index (χ3v) is 2.75. The van der Waals surface area contributed by atoms with Crippen LogP contribution in [0.4, 0.5) is 0 Å². The monoisotopic (exact) mass is 231 g/mol. The molecule has 1 aliphatic rings. The molecule has 4 nitrogen and oxygen atoms in total. The van der Waals surface area contributed by atoms with Crippen LogP contribution in [0.5, 0.6) is 0 Å². The minimum absolute atomic E-state index is 0.120. The van der Waals surface area contributed by atoms with E-state index in [0.717, 1.165) is 5.56 Å². The Morgan fingerprint density at radius 1 is 1.35 bits per heavy atom. The van der Waals surface area contributed by atoms with Crippen LogP contribution < -0.4 is 5.32 Å². The molecule has 1 heterocycles. The van der Waals surface area contributed by atoms with Gasteiger partial charge in [-0.05, 0) is 18.9 Å². The van der Waals surface area contributed by atoms with E-state index >= 15 is 0 Å². The highest BCUT2D eigenvalue weighted by Crippen LogP contribution is 2.19. The second-order valence-corrected chi connectivity index (χ2v) is 4.03. The van der Waals surface area contributed by atoms with Crippen molar-refractivity contribution in [3.8, 4) is 0 Å². The van der Waals surface area contributed by atoms with E-state index in [1.54, 1.807) is 0 Å². The molecule has 88 valence electrons. The smallest absolute Gasteiger partial charge is 0.259 e. The predicted octanol–water partition coefficient (Wildman–Crippen LogP) is 1.13. The minimum atomic E-state index is -0.496. The molecule has 2 rings (SSSR count). The third kappa shape index (κ3) is 2.20. The van der Waals surface area contributed by atoms with Gasteiger partial charge in [-0.2, -0.15) is 0 Å². The molecule has 0 fully saturated rings. The summed E-state index contributed by atoms with van der Waals surface area (Å²) >= 11 is 0. The molecule has 0 saturated carbocycles. The SMILES string of the molecule is CC(=O)C1=C(O)C(Cc2ccccc2)NC1=O. The van der Waals surface area contributed by atoms with E-state index in [0.29, 0.717) is 6.42 Å². The van der Waals surface area contributed by atoms with Gasteiger partial charge in [0.25, 0.3) is 5.91 Å². The van der Waals surface area contributed by atoms with Gasteiger partial charge in [-0.15, -0.1) is 0 Å². The molecule has 0 aromatic heterocycles. The van der Waals surface area contributed by atoms with Gasteiger partial charge in [0.1, 0.15) is 11.3 Å². The number of nitrogens with one attached hydrogen (secondary N) is 1. The molecular weight excluding hydrogens is 218 g/mol. The second kappa shape index (κ2) is 4.41. The first-order chi connectivity index (χ1) is 8.09. The molecule has 0 bridgehead atoms. The van der Waals surface area contributed by atoms with Crippen molar-refractivity contribution in [3.05, 3.63) is 47.2 Å². The normalized spacial score (nSPS) is 19.4. The second-order valence-electron chi connectivity index (χ2n) is 4.03. The number of rotatable bonds is 3. The number of Topliss-reactive ketones (excluding diaryl/α,β-unsaturated/α-hetero) is 1. The Balaban J connectivity index is 2.20. The number of aliphatic hydroxyl groups excluding tert-OH is 1. The van der Waals surface area contributed by atoms with Crippen molar-refractivity contribution in [1.29, 1.82) is 0 Å². The number of aliphatic hydroxyl groups is 1. The highest BCUT2D eigenvalue weighted by Gasteiger charge is 2.33. The maximum absolute atomic E-state index is 11.5. The van der Waals surface area contributed by atoms with E-state index in [1.807, 2.05) is 30.3 Å². The van der Waals surface area contributed by atoms with Gasteiger partial charge in [-0.1, -0.05) is 30.3 Å². The van der Waals surface area contributed by atoms with Crippen LogP contribution in [0.15, 0.2) is 41.7 Å². The molecule has 1 atom stereocenters. The maximum atomic E-state index is 11.5. The Hall–Kier alpha value is -2.10. The first kappa shape index (κ1) is 11.4. The lowest BCUT2D eigenvalue weighted by molar-refractivity contribution is -0.121. The van der Waals surface area contributed by atoms with Gasteiger partial charge in [-0.3, -0.25) is 9.59 Å². The molecule has 1 amide bonds. The lowest BCUT2D eigenvalue weighted by Crippen LogP contribution is -2.31. The van der Waals surface area contributed by atoms with E-state index in [1.165, 1.54) is 6.92 Å². The topological polar surface area (TPSA) is 66.4 Å². The van der Waals surface area contributed by atoms with E-state index in [4.69, 9.17) is 0 Å². The summed E-state index contributed by atoms with van der Waals surface area (Å²) in [6.07, 6.45) is 0.481. The quantitative estimate of drug-likeness (QED) is 0.766. The van der Waals surface area contributed by atoms with Crippen molar-refractivity contribution < 1.29 is 14.7 Å². The van der Waals surface area contributed by atoms with Gasteiger partial charge in [0, 0.05) is 0 Å². The average Bonchev–Trinajstić information content (AvgIpc) is 2.55. The highest BCUT2D eigenvalue weighted by molar-refractivity contribution is 6.20. The number of hydrogen-bond acceptors (Lipinski definition) is 3. The van der Waals surface area contributed by atoms with Gasteiger partial charge in [0.2, 0.25) is 0 Å². The highest BCUT2D eigenvalue weighted by atomic mass is 16.3. The van der Waals surface area contributed by atoms with Crippen molar-refractivity contribution in [2.45, 2.75) is 19.4 Å². The van der Waals surface area contributed by atoms with Gasteiger partial charge < -0.3 is 10.4 Å². The van der Waals surface area contributed by atoms with Crippen LogP contribution in [0, 0.1) is 0 Å². The number of carbonyl (C=O) groups is 2. The Morgan fingerprint density at radius 3 is 2.53 bits per heavy atom. The average molecular weight is 231 g/mol. The molecule has 0 spiro atoms. The summed E-state index contributed by atoms with van der Waals surface area (Å²) in [4.78, 5) is 22.7. The molecule has 1 aliphatic heterocycles. The van der Waals surface area contributed by atoms with Gasteiger partial charge in [-0.25, -0.2) is 0 Å². The van der Waals surface area contributed by atoms with Crippen molar-refractivity contribution in [1.82, 2.24) is 5.32 Å². The first-order valence-corrected chi connectivity index (χ1v) is 5.38. The fourth-order valence-corrected chi connectivity index (χ4v) is 1.93. The van der Waals surface area contributed by atoms with Crippen LogP contribution >= 0.6 is 0 Å². The summed E-state index contributed by atoms with van der Waals surface area (Å²) in [5, 5.41) is 12.4. The molecule has 2 N–H and O–H groups in total. The predicted molar refractivity (Wildman–Crippen MR) is 62.4 cm³/mol. The molecule has 17 heavy (non-hydrogen) atoms. The van der Waals surface area contributed by atoms with E-state index in [9.17, 15) is 14.7 Å². The minimum Gasteiger partial charge on any atom is -0.509 e. The zero-order valence-electron chi connectivity index (χ0n) is 9.43. The molecule has 1 aromatic rings.